The number of nitrogens with zero attached hydrogens (tertiary/aromatic N) is 1. The zero-order valence-electron chi connectivity index (χ0n) is 12.2. The summed E-state index contributed by atoms with van der Waals surface area (Å²) in [6.07, 6.45) is 0.799. The van der Waals surface area contributed by atoms with E-state index in [9.17, 15) is 9.59 Å². The molecule has 1 aromatic carbocycles. The monoisotopic (exact) mass is 328 g/mol. The minimum Gasteiger partial charge on any atom is -0.342 e. The van der Waals surface area contributed by atoms with Gasteiger partial charge in [0.15, 0.2) is 0 Å². The van der Waals surface area contributed by atoms with Gasteiger partial charge in [-0.05, 0) is 30.5 Å². The zero-order valence-corrected chi connectivity index (χ0v) is 13.8. The predicted molar refractivity (Wildman–Crippen MR) is 84.9 cm³/mol. The fourth-order valence-corrected chi connectivity index (χ4v) is 2.82. The van der Waals surface area contributed by atoms with E-state index in [4.69, 9.17) is 23.2 Å². The van der Waals surface area contributed by atoms with E-state index in [-0.39, 0.29) is 24.3 Å². The van der Waals surface area contributed by atoms with Crippen molar-refractivity contribution in [3.05, 3.63) is 27.7 Å². The number of anilines is 1. The number of benzene rings is 1. The molecule has 114 valence electrons. The average Bonchev–Trinajstić information content (AvgIpc) is 2.44. The molecule has 0 bridgehead atoms. The second kappa shape index (κ2) is 6.24. The van der Waals surface area contributed by atoms with Crippen LogP contribution in [-0.2, 0) is 9.59 Å². The zero-order chi connectivity index (χ0) is 15.7. The van der Waals surface area contributed by atoms with E-state index in [1.165, 1.54) is 4.90 Å². The lowest BCUT2D eigenvalue weighted by Gasteiger charge is -2.35. The van der Waals surface area contributed by atoms with Gasteiger partial charge in [-0.15, -0.1) is 0 Å². The average molecular weight is 329 g/mol. The quantitative estimate of drug-likeness (QED) is 0.926. The Balaban J connectivity index is 2.40. The summed E-state index contributed by atoms with van der Waals surface area (Å²) < 4.78 is 0. The molecule has 21 heavy (non-hydrogen) atoms. The lowest BCUT2D eigenvalue weighted by molar-refractivity contribution is -0.132. The predicted octanol–water partition coefficient (Wildman–Crippen LogP) is 3.18. The van der Waals surface area contributed by atoms with Crippen molar-refractivity contribution in [3.8, 4) is 0 Å². The summed E-state index contributed by atoms with van der Waals surface area (Å²) in [6, 6.07) is 2.83. The fourth-order valence-electron chi connectivity index (χ4n) is 2.34. The van der Waals surface area contributed by atoms with Crippen LogP contribution in [0.4, 0.5) is 5.69 Å². The molecular formula is C15H18Cl2N2O2. The van der Waals surface area contributed by atoms with Crippen molar-refractivity contribution in [2.45, 2.75) is 33.2 Å². The van der Waals surface area contributed by atoms with Gasteiger partial charge in [0.2, 0.25) is 11.8 Å². The van der Waals surface area contributed by atoms with E-state index < -0.39 is 6.04 Å². The van der Waals surface area contributed by atoms with Crippen LogP contribution in [-0.4, -0.2) is 24.4 Å². The largest absolute Gasteiger partial charge is 0.342 e. The van der Waals surface area contributed by atoms with Crippen LogP contribution in [0.25, 0.3) is 0 Å². The molecule has 1 heterocycles. The van der Waals surface area contributed by atoms with Gasteiger partial charge in [-0.3, -0.25) is 14.5 Å². The van der Waals surface area contributed by atoms with Crippen molar-refractivity contribution in [2.24, 2.45) is 5.92 Å². The smallest absolute Gasteiger partial charge is 0.250 e. The highest BCUT2D eigenvalue weighted by Gasteiger charge is 2.37. The molecule has 0 aromatic heterocycles. The summed E-state index contributed by atoms with van der Waals surface area (Å²) in [4.78, 5) is 26.0. The topological polar surface area (TPSA) is 49.4 Å². The van der Waals surface area contributed by atoms with E-state index in [0.717, 1.165) is 12.0 Å². The Morgan fingerprint density at radius 3 is 2.62 bits per heavy atom. The van der Waals surface area contributed by atoms with Crippen molar-refractivity contribution in [3.63, 3.8) is 0 Å². The third-order valence-corrected chi connectivity index (χ3v) is 4.59. The Kier molecular flexibility index (Phi) is 4.79. The summed E-state index contributed by atoms with van der Waals surface area (Å²) in [5.41, 5.74) is 1.32. The van der Waals surface area contributed by atoms with E-state index in [1.807, 2.05) is 20.8 Å². The lowest BCUT2D eigenvalue weighted by Crippen LogP contribution is -2.60. The van der Waals surface area contributed by atoms with Crippen LogP contribution in [0, 0.1) is 12.8 Å². The van der Waals surface area contributed by atoms with Crippen LogP contribution in [0.1, 0.15) is 25.8 Å². The molecule has 1 aliphatic rings. The molecule has 1 fully saturated rings. The number of halogens is 2. The fraction of sp³-hybridized carbons (Fsp3) is 0.467. The first-order chi connectivity index (χ1) is 9.85. The molecule has 0 spiro atoms. The Labute approximate surface area is 134 Å². The van der Waals surface area contributed by atoms with Crippen molar-refractivity contribution < 1.29 is 9.59 Å². The molecule has 0 aliphatic carbocycles. The molecule has 0 radical (unpaired) electrons. The summed E-state index contributed by atoms with van der Waals surface area (Å²) >= 11 is 12.3. The Morgan fingerprint density at radius 2 is 2.00 bits per heavy atom. The molecule has 1 saturated heterocycles. The highest BCUT2D eigenvalue weighted by molar-refractivity contribution is 6.36. The maximum absolute atomic E-state index is 12.6. The number of piperazine rings is 1. The van der Waals surface area contributed by atoms with Gasteiger partial charge >= 0.3 is 0 Å². The van der Waals surface area contributed by atoms with Crippen LogP contribution < -0.4 is 10.2 Å². The third-order valence-electron chi connectivity index (χ3n) is 3.88. The van der Waals surface area contributed by atoms with Gasteiger partial charge in [-0.1, -0.05) is 43.5 Å². The van der Waals surface area contributed by atoms with Gasteiger partial charge in [0.1, 0.15) is 12.6 Å². The second-order valence-electron chi connectivity index (χ2n) is 5.41. The Morgan fingerprint density at radius 1 is 1.33 bits per heavy atom. The molecule has 4 nitrogen and oxygen atoms in total. The van der Waals surface area contributed by atoms with Crippen LogP contribution in [0.3, 0.4) is 0 Å². The minimum absolute atomic E-state index is 0.0368. The van der Waals surface area contributed by atoms with Crippen LogP contribution in [0.2, 0.25) is 10.0 Å². The van der Waals surface area contributed by atoms with E-state index in [0.29, 0.717) is 15.7 Å². The van der Waals surface area contributed by atoms with Crippen LogP contribution >= 0.6 is 23.2 Å². The molecule has 2 amide bonds. The standard InChI is InChI=1S/C15H18Cl2N2O2/c1-4-8(2)14-15(21)19(7-13(20)18-14)12-6-10(16)9(3)5-11(12)17/h5-6,8,14H,4,7H2,1-3H3,(H,18,20). The van der Waals surface area contributed by atoms with Crippen LogP contribution in [0.15, 0.2) is 12.1 Å². The minimum atomic E-state index is -0.521. The first-order valence-corrected chi connectivity index (χ1v) is 7.67. The lowest BCUT2D eigenvalue weighted by atomic mass is 9.96. The SMILES string of the molecule is CCC(C)C1NC(=O)CN(c2cc(Cl)c(C)cc2Cl)C1=O. The summed E-state index contributed by atoms with van der Waals surface area (Å²) in [6.45, 7) is 5.73. The molecule has 2 rings (SSSR count). The van der Waals surface area contributed by atoms with Gasteiger partial charge in [-0.2, -0.15) is 0 Å². The van der Waals surface area contributed by atoms with Crippen molar-refractivity contribution >= 4 is 40.7 Å². The van der Waals surface area contributed by atoms with Crippen molar-refractivity contribution in [2.75, 3.05) is 11.4 Å². The highest BCUT2D eigenvalue weighted by Crippen LogP contribution is 2.33. The maximum atomic E-state index is 12.6. The number of rotatable bonds is 3. The Hall–Kier alpha value is -1.26. The Bertz CT molecular complexity index is 589. The molecule has 1 aliphatic heterocycles. The molecule has 1 aromatic rings. The first kappa shape index (κ1) is 16.1. The summed E-state index contributed by atoms with van der Waals surface area (Å²) in [7, 11) is 0. The normalized spacial score (nSPS) is 20.4. The molecule has 2 atom stereocenters. The van der Waals surface area contributed by atoms with E-state index in [2.05, 4.69) is 5.32 Å². The summed E-state index contributed by atoms with van der Waals surface area (Å²) in [5, 5.41) is 3.70. The first-order valence-electron chi connectivity index (χ1n) is 6.91. The maximum Gasteiger partial charge on any atom is 0.250 e. The molecule has 1 N–H and O–H groups in total. The number of aryl methyl sites for hydroxylation is 1. The van der Waals surface area contributed by atoms with E-state index >= 15 is 0 Å². The molecular weight excluding hydrogens is 311 g/mol. The van der Waals surface area contributed by atoms with Gasteiger partial charge in [-0.25, -0.2) is 0 Å². The molecule has 0 saturated carbocycles. The number of hydrogen-bond donors (Lipinski definition) is 1. The third kappa shape index (κ3) is 3.16. The van der Waals surface area contributed by atoms with Crippen LogP contribution in [0.5, 0.6) is 0 Å². The number of carbonyl (C=O) groups excluding carboxylic acids is 2. The molecule has 2 unspecified atom stereocenters. The van der Waals surface area contributed by atoms with Crippen molar-refractivity contribution in [1.82, 2.24) is 5.32 Å². The van der Waals surface area contributed by atoms with Gasteiger partial charge in [0.25, 0.3) is 0 Å². The van der Waals surface area contributed by atoms with Gasteiger partial charge in [0, 0.05) is 5.02 Å². The van der Waals surface area contributed by atoms with E-state index in [1.54, 1.807) is 12.1 Å². The number of carbonyl (C=O) groups is 2. The number of hydrogen-bond acceptors (Lipinski definition) is 2. The van der Waals surface area contributed by atoms with Crippen molar-refractivity contribution in [1.29, 1.82) is 0 Å². The van der Waals surface area contributed by atoms with Gasteiger partial charge < -0.3 is 5.32 Å². The summed E-state index contributed by atoms with van der Waals surface area (Å²) in [5.74, 6) is -0.276. The number of amides is 2. The van der Waals surface area contributed by atoms with Gasteiger partial charge in [0.05, 0.1) is 10.7 Å². The second-order valence-corrected chi connectivity index (χ2v) is 6.22. The molecule has 6 heteroatoms. The number of nitrogens with one attached hydrogen (secondary N) is 1. The highest BCUT2D eigenvalue weighted by atomic mass is 35.5.